The molecule has 2 aromatic rings. The van der Waals surface area contributed by atoms with Crippen molar-refractivity contribution >= 4 is 11.6 Å². The van der Waals surface area contributed by atoms with Gasteiger partial charge in [0, 0.05) is 25.3 Å². The number of carbonyl (C=O) groups is 1. The highest BCUT2D eigenvalue weighted by atomic mass is 16.5. The monoisotopic (exact) mass is 284 g/mol. The molecule has 0 atom stereocenters. The fourth-order valence-electron chi connectivity index (χ4n) is 1.78. The number of ether oxygens (including phenoxy) is 1. The third-order valence-electron chi connectivity index (χ3n) is 3.16. The molecule has 21 heavy (non-hydrogen) atoms. The molecule has 0 saturated heterocycles. The maximum absolute atomic E-state index is 11.8. The lowest BCUT2D eigenvalue weighted by atomic mass is 10.3. The standard InChI is InChI=1S/C17H20N2O2/c1-3-19(2)17(20)13-18-14-8-7-11-16(12-14)21-15-9-5-4-6-10-15/h4-12,18H,3,13H2,1-2H3. The molecule has 0 radical (unpaired) electrons. The van der Waals surface area contributed by atoms with Gasteiger partial charge in [-0.1, -0.05) is 24.3 Å². The van der Waals surface area contributed by atoms with Crippen LogP contribution in [0.5, 0.6) is 11.5 Å². The van der Waals surface area contributed by atoms with Gasteiger partial charge in [-0.3, -0.25) is 4.79 Å². The first-order valence-electron chi connectivity index (χ1n) is 7.00. The summed E-state index contributed by atoms with van der Waals surface area (Å²) in [6.45, 7) is 2.93. The van der Waals surface area contributed by atoms with Gasteiger partial charge < -0.3 is 15.0 Å². The van der Waals surface area contributed by atoms with E-state index >= 15 is 0 Å². The Bertz CT molecular complexity index is 584. The highest BCUT2D eigenvalue weighted by molar-refractivity contribution is 5.80. The summed E-state index contributed by atoms with van der Waals surface area (Å²) in [4.78, 5) is 13.4. The molecule has 1 N–H and O–H groups in total. The molecule has 1 amide bonds. The van der Waals surface area contributed by atoms with Gasteiger partial charge in [0.2, 0.25) is 5.91 Å². The number of para-hydroxylation sites is 1. The average Bonchev–Trinajstić information content (AvgIpc) is 2.53. The van der Waals surface area contributed by atoms with Crippen molar-refractivity contribution in [2.75, 3.05) is 25.5 Å². The molecular formula is C17H20N2O2. The Morgan fingerprint density at radius 2 is 1.81 bits per heavy atom. The van der Waals surface area contributed by atoms with Crippen LogP contribution in [0.25, 0.3) is 0 Å². The molecule has 4 heteroatoms. The molecule has 0 heterocycles. The first-order valence-corrected chi connectivity index (χ1v) is 7.00. The van der Waals surface area contributed by atoms with Gasteiger partial charge in [-0.2, -0.15) is 0 Å². The van der Waals surface area contributed by atoms with Crippen LogP contribution in [0.3, 0.4) is 0 Å². The molecule has 4 nitrogen and oxygen atoms in total. The van der Waals surface area contributed by atoms with Crippen molar-refractivity contribution < 1.29 is 9.53 Å². The van der Waals surface area contributed by atoms with Crippen LogP contribution in [-0.4, -0.2) is 30.9 Å². The zero-order chi connectivity index (χ0) is 15.1. The second-order valence-corrected chi connectivity index (χ2v) is 4.70. The van der Waals surface area contributed by atoms with E-state index in [1.165, 1.54) is 0 Å². The van der Waals surface area contributed by atoms with Gasteiger partial charge in [-0.05, 0) is 31.2 Å². The van der Waals surface area contributed by atoms with Gasteiger partial charge in [0.15, 0.2) is 0 Å². The molecule has 0 fully saturated rings. The summed E-state index contributed by atoms with van der Waals surface area (Å²) in [6.07, 6.45) is 0. The molecular weight excluding hydrogens is 264 g/mol. The summed E-state index contributed by atoms with van der Waals surface area (Å²) < 4.78 is 5.76. The molecule has 0 aromatic heterocycles. The Morgan fingerprint density at radius 1 is 1.10 bits per heavy atom. The van der Waals surface area contributed by atoms with Crippen molar-refractivity contribution in [3.05, 3.63) is 54.6 Å². The lowest BCUT2D eigenvalue weighted by molar-refractivity contribution is -0.127. The number of nitrogens with zero attached hydrogens (tertiary/aromatic N) is 1. The molecule has 0 aliphatic carbocycles. The second-order valence-electron chi connectivity index (χ2n) is 4.70. The van der Waals surface area contributed by atoms with Crippen molar-refractivity contribution in [2.45, 2.75) is 6.92 Å². The van der Waals surface area contributed by atoms with Crippen LogP contribution in [0, 0.1) is 0 Å². The van der Waals surface area contributed by atoms with E-state index in [0.29, 0.717) is 6.54 Å². The predicted octanol–water partition coefficient (Wildman–Crippen LogP) is 3.37. The van der Waals surface area contributed by atoms with E-state index in [9.17, 15) is 4.79 Å². The van der Waals surface area contributed by atoms with E-state index in [2.05, 4.69) is 5.32 Å². The largest absolute Gasteiger partial charge is 0.457 e. The van der Waals surface area contributed by atoms with E-state index in [-0.39, 0.29) is 12.5 Å². The second kappa shape index (κ2) is 7.33. The lowest BCUT2D eigenvalue weighted by Gasteiger charge is -2.15. The molecule has 0 unspecified atom stereocenters. The third-order valence-corrected chi connectivity index (χ3v) is 3.16. The van der Waals surface area contributed by atoms with E-state index in [1.807, 2.05) is 61.5 Å². The zero-order valence-electron chi connectivity index (χ0n) is 12.4. The number of anilines is 1. The number of rotatable bonds is 6. The normalized spacial score (nSPS) is 10.0. The van der Waals surface area contributed by atoms with Crippen LogP contribution in [0.2, 0.25) is 0 Å². The number of likely N-dealkylation sites (N-methyl/N-ethyl adjacent to an activating group) is 1. The predicted molar refractivity (Wildman–Crippen MR) is 84.8 cm³/mol. The summed E-state index contributed by atoms with van der Waals surface area (Å²) in [5, 5.41) is 3.11. The van der Waals surface area contributed by atoms with E-state index in [0.717, 1.165) is 17.2 Å². The fourth-order valence-corrected chi connectivity index (χ4v) is 1.78. The van der Waals surface area contributed by atoms with E-state index < -0.39 is 0 Å². The topological polar surface area (TPSA) is 41.6 Å². The molecule has 0 bridgehead atoms. The Morgan fingerprint density at radius 3 is 2.52 bits per heavy atom. The average molecular weight is 284 g/mol. The molecule has 2 aromatic carbocycles. The van der Waals surface area contributed by atoms with Gasteiger partial charge in [0.25, 0.3) is 0 Å². The molecule has 110 valence electrons. The van der Waals surface area contributed by atoms with E-state index in [1.54, 1.807) is 11.9 Å². The Labute approximate surface area is 125 Å². The SMILES string of the molecule is CCN(C)C(=O)CNc1cccc(Oc2ccccc2)c1. The third kappa shape index (κ3) is 4.53. The molecule has 2 rings (SSSR count). The first kappa shape index (κ1) is 14.9. The van der Waals surface area contributed by atoms with Crippen LogP contribution < -0.4 is 10.1 Å². The maximum Gasteiger partial charge on any atom is 0.241 e. The Kier molecular flexibility index (Phi) is 5.21. The highest BCUT2D eigenvalue weighted by Crippen LogP contribution is 2.23. The van der Waals surface area contributed by atoms with Gasteiger partial charge in [0.05, 0.1) is 6.54 Å². The lowest BCUT2D eigenvalue weighted by Crippen LogP contribution is -2.31. The quantitative estimate of drug-likeness (QED) is 0.884. The van der Waals surface area contributed by atoms with Crippen LogP contribution >= 0.6 is 0 Å². The number of hydrogen-bond acceptors (Lipinski definition) is 3. The fraction of sp³-hybridized carbons (Fsp3) is 0.235. The molecule has 0 aliphatic rings. The maximum atomic E-state index is 11.8. The van der Waals surface area contributed by atoms with Crippen LogP contribution in [-0.2, 0) is 4.79 Å². The summed E-state index contributed by atoms with van der Waals surface area (Å²) in [7, 11) is 1.79. The first-order chi connectivity index (χ1) is 10.2. The van der Waals surface area contributed by atoms with Crippen molar-refractivity contribution in [1.29, 1.82) is 0 Å². The molecule has 0 aliphatic heterocycles. The molecule has 0 spiro atoms. The number of benzene rings is 2. The Hall–Kier alpha value is -2.49. The summed E-state index contributed by atoms with van der Waals surface area (Å²) >= 11 is 0. The van der Waals surface area contributed by atoms with E-state index in [4.69, 9.17) is 4.74 Å². The smallest absolute Gasteiger partial charge is 0.241 e. The van der Waals surface area contributed by atoms with Crippen molar-refractivity contribution in [1.82, 2.24) is 4.90 Å². The summed E-state index contributed by atoms with van der Waals surface area (Å²) in [5.41, 5.74) is 0.862. The number of amides is 1. The van der Waals surface area contributed by atoms with Crippen molar-refractivity contribution in [2.24, 2.45) is 0 Å². The van der Waals surface area contributed by atoms with Crippen LogP contribution in [0.1, 0.15) is 6.92 Å². The highest BCUT2D eigenvalue weighted by Gasteiger charge is 2.06. The van der Waals surface area contributed by atoms with Crippen molar-refractivity contribution in [3.8, 4) is 11.5 Å². The summed E-state index contributed by atoms with van der Waals surface area (Å²) in [6, 6.07) is 17.2. The van der Waals surface area contributed by atoms with Crippen LogP contribution in [0.4, 0.5) is 5.69 Å². The van der Waals surface area contributed by atoms with Gasteiger partial charge >= 0.3 is 0 Å². The number of hydrogen-bond donors (Lipinski definition) is 1. The van der Waals surface area contributed by atoms with Crippen molar-refractivity contribution in [3.63, 3.8) is 0 Å². The minimum absolute atomic E-state index is 0.0619. The Balaban J connectivity index is 1.96. The number of nitrogens with one attached hydrogen (secondary N) is 1. The van der Waals surface area contributed by atoms with Gasteiger partial charge in [-0.25, -0.2) is 0 Å². The van der Waals surface area contributed by atoms with Gasteiger partial charge in [-0.15, -0.1) is 0 Å². The summed E-state index contributed by atoms with van der Waals surface area (Å²) in [5.74, 6) is 1.59. The minimum atomic E-state index is 0.0619. The molecule has 0 saturated carbocycles. The zero-order valence-corrected chi connectivity index (χ0v) is 12.4. The van der Waals surface area contributed by atoms with Crippen LogP contribution in [0.15, 0.2) is 54.6 Å². The van der Waals surface area contributed by atoms with Gasteiger partial charge in [0.1, 0.15) is 11.5 Å². The number of carbonyl (C=O) groups excluding carboxylic acids is 1. The minimum Gasteiger partial charge on any atom is -0.457 e.